The van der Waals surface area contributed by atoms with E-state index in [0.717, 1.165) is 0 Å². The van der Waals surface area contributed by atoms with Crippen LogP contribution in [0.5, 0.6) is 0 Å². The maximum atomic E-state index is 11.0. The molecule has 1 heterocycles. The molecule has 2 N–H and O–H groups in total. The van der Waals surface area contributed by atoms with Crippen molar-refractivity contribution in [3.8, 4) is 0 Å². The second kappa shape index (κ2) is 6.00. The number of benzene rings is 1. The Kier molecular flexibility index (Phi) is 4.13. The summed E-state index contributed by atoms with van der Waals surface area (Å²) in [6, 6.07) is 7.92. The molecule has 0 aliphatic heterocycles. The number of carboxylic acid groups (broad SMARTS) is 1. The molecule has 21 heavy (non-hydrogen) atoms. The fourth-order valence-corrected chi connectivity index (χ4v) is 1.91. The van der Waals surface area contributed by atoms with E-state index in [1.54, 1.807) is 25.1 Å². The Morgan fingerprint density at radius 2 is 2.19 bits per heavy atom. The third kappa shape index (κ3) is 3.33. The van der Waals surface area contributed by atoms with E-state index in [4.69, 9.17) is 5.11 Å². The maximum Gasteiger partial charge on any atom is 0.335 e. The first-order valence-electron chi connectivity index (χ1n) is 6.15. The zero-order valence-corrected chi connectivity index (χ0v) is 11.2. The van der Waals surface area contributed by atoms with Gasteiger partial charge in [-0.3, -0.25) is 10.1 Å². The number of rotatable bonds is 5. The van der Waals surface area contributed by atoms with Gasteiger partial charge in [-0.05, 0) is 30.7 Å². The first-order valence-corrected chi connectivity index (χ1v) is 6.15. The molecule has 0 saturated carbocycles. The van der Waals surface area contributed by atoms with Crippen molar-refractivity contribution in [3.63, 3.8) is 0 Å². The van der Waals surface area contributed by atoms with Crippen LogP contribution in [0.2, 0.25) is 0 Å². The lowest BCUT2D eigenvalue weighted by Gasteiger charge is -2.08. The Labute approximate surface area is 120 Å². The molecule has 0 fully saturated rings. The SMILES string of the molecule is Cc1ccnc(NCc2cccc(C(=O)O)c2)c1[N+](=O)[O-]. The number of aryl methyl sites for hydroxylation is 1. The molecule has 0 aliphatic rings. The molecule has 0 radical (unpaired) electrons. The van der Waals surface area contributed by atoms with Crippen LogP contribution in [0.3, 0.4) is 0 Å². The van der Waals surface area contributed by atoms with Crippen LogP contribution >= 0.6 is 0 Å². The molecule has 0 saturated heterocycles. The number of anilines is 1. The van der Waals surface area contributed by atoms with Crippen LogP contribution in [0.4, 0.5) is 11.5 Å². The summed E-state index contributed by atoms with van der Waals surface area (Å²) in [5.41, 5.74) is 1.30. The van der Waals surface area contributed by atoms with Gasteiger partial charge in [0.15, 0.2) is 0 Å². The summed E-state index contributed by atoms with van der Waals surface area (Å²) in [4.78, 5) is 25.4. The second-order valence-electron chi connectivity index (χ2n) is 4.44. The van der Waals surface area contributed by atoms with Crippen molar-refractivity contribution in [2.75, 3.05) is 5.32 Å². The monoisotopic (exact) mass is 287 g/mol. The molecular weight excluding hydrogens is 274 g/mol. The van der Waals surface area contributed by atoms with E-state index < -0.39 is 10.9 Å². The summed E-state index contributed by atoms with van der Waals surface area (Å²) >= 11 is 0. The van der Waals surface area contributed by atoms with Gasteiger partial charge < -0.3 is 10.4 Å². The van der Waals surface area contributed by atoms with Crippen LogP contribution in [0.15, 0.2) is 36.5 Å². The average molecular weight is 287 g/mol. The summed E-state index contributed by atoms with van der Waals surface area (Å²) in [6.45, 7) is 1.88. The lowest BCUT2D eigenvalue weighted by molar-refractivity contribution is -0.384. The standard InChI is InChI=1S/C14H13N3O4/c1-9-5-6-15-13(12(9)17(20)21)16-8-10-3-2-4-11(7-10)14(18)19/h2-7H,8H2,1H3,(H,15,16)(H,18,19). The van der Waals surface area contributed by atoms with Gasteiger partial charge in [0.05, 0.1) is 10.5 Å². The van der Waals surface area contributed by atoms with Crippen LogP contribution in [-0.2, 0) is 6.54 Å². The first kappa shape index (κ1) is 14.4. The van der Waals surface area contributed by atoms with Crippen LogP contribution in [0, 0.1) is 17.0 Å². The summed E-state index contributed by atoms with van der Waals surface area (Å²) in [6.07, 6.45) is 1.48. The fourth-order valence-electron chi connectivity index (χ4n) is 1.91. The normalized spacial score (nSPS) is 10.1. The van der Waals surface area contributed by atoms with Gasteiger partial charge in [0, 0.05) is 18.3 Å². The van der Waals surface area contributed by atoms with Crippen molar-refractivity contribution in [2.45, 2.75) is 13.5 Å². The van der Waals surface area contributed by atoms with Gasteiger partial charge in [-0.2, -0.15) is 0 Å². The highest BCUT2D eigenvalue weighted by molar-refractivity contribution is 5.87. The summed E-state index contributed by atoms with van der Waals surface area (Å²) in [7, 11) is 0. The summed E-state index contributed by atoms with van der Waals surface area (Å²) < 4.78 is 0. The number of nitro groups is 1. The Morgan fingerprint density at radius 1 is 1.43 bits per heavy atom. The fraction of sp³-hybridized carbons (Fsp3) is 0.143. The number of pyridine rings is 1. The van der Waals surface area contributed by atoms with Gasteiger partial charge in [0.2, 0.25) is 5.82 Å². The molecule has 0 unspecified atom stereocenters. The topological polar surface area (TPSA) is 105 Å². The van der Waals surface area contributed by atoms with E-state index in [9.17, 15) is 14.9 Å². The first-order chi connectivity index (χ1) is 9.99. The van der Waals surface area contributed by atoms with E-state index >= 15 is 0 Å². The Morgan fingerprint density at radius 3 is 2.86 bits per heavy atom. The minimum absolute atomic E-state index is 0.0770. The third-order valence-electron chi connectivity index (χ3n) is 2.94. The van der Waals surface area contributed by atoms with E-state index in [2.05, 4.69) is 10.3 Å². The van der Waals surface area contributed by atoms with Crippen molar-refractivity contribution in [1.29, 1.82) is 0 Å². The lowest BCUT2D eigenvalue weighted by Crippen LogP contribution is -2.06. The zero-order valence-electron chi connectivity index (χ0n) is 11.2. The smallest absolute Gasteiger partial charge is 0.335 e. The molecule has 7 heteroatoms. The number of hydrogen-bond acceptors (Lipinski definition) is 5. The number of aromatic nitrogens is 1. The molecule has 0 spiro atoms. The van der Waals surface area contributed by atoms with Gasteiger partial charge in [-0.15, -0.1) is 0 Å². The molecule has 0 aliphatic carbocycles. The predicted octanol–water partition coefficient (Wildman–Crippen LogP) is 2.61. The predicted molar refractivity (Wildman–Crippen MR) is 76.4 cm³/mol. The van der Waals surface area contributed by atoms with E-state index in [1.165, 1.54) is 18.3 Å². The molecule has 7 nitrogen and oxygen atoms in total. The van der Waals surface area contributed by atoms with Crippen molar-refractivity contribution in [2.24, 2.45) is 0 Å². The highest BCUT2D eigenvalue weighted by Gasteiger charge is 2.18. The van der Waals surface area contributed by atoms with Gasteiger partial charge >= 0.3 is 11.7 Å². The zero-order chi connectivity index (χ0) is 15.4. The molecular formula is C14H13N3O4. The van der Waals surface area contributed by atoms with Gasteiger partial charge in [-0.25, -0.2) is 9.78 Å². The van der Waals surface area contributed by atoms with Crippen molar-refractivity contribution < 1.29 is 14.8 Å². The van der Waals surface area contributed by atoms with Crippen molar-refractivity contribution in [1.82, 2.24) is 4.98 Å². The Balaban J connectivity index is 2.21. The molecule has 2 aromatic rings. The van der Waals surface area contributed by atoms with Crippen molar-refractivity contribution in [3.05, 3.63) is 63.3 Å². The molecule has 2 rings (SSSR count). The second-order valence-corrected chi connectivity index (χ2v) is 4.44. The Hall–Kier alpha value is -2.96. The quantitative estimate of drug-likeness (QED) is 0.646. The molecule has 1 aromatic carbocycles. The van der Waals surface area contributed by atoms with Crippen LogP contribution in [0.25, 0.3) is 0 Å². The minimum atomic E-state index is -1.02. The number of carboxylic acids is 1. The number of aromatic carboxylic acids is 1. The number of nitrogens with one attached hydrogen (secondary N) is 1. The largest absolute Gasteiger partial charge is 0.478 e. The molecule has 0 amide bonds. The Bertz CT molecular complexity index is 700. The van der Waals surface area contributed by atoms with Crippen LogP contribution in [-0.4, -0.2) is 21.0 Å². The summed E-state index contributed by atoms with van der Waals surface area (Å²) in [5.74, 6) is -0.850. The van der Waals surface area contributed by atoms with Crippen LogP contribution < -0.4 is 5.32 Å². The maximum absolute atomic E-state index is 11.0. The molecule has 0 bridgehead atoms. The lowest BCUT2D eigenvalue weighted by atomic mass is 10.1. The van der Waals surface area contributed by atoms with E-state index in [1.807, 2.05) is 0 Å². The van der Waals surface area contributed by atoms with E-state index in [0.29, 0.717) is 11.1 Å². The van der Waals surface area contributed by atoms with Crippen LogP contribution in [0.1, 0.15) is 21.5 Å². The van der Waals surface area contributed by atoms with Crippen molar-refractivity contribution >= 4 is 17.5 Å². The average Bonchev–Trinajstić information content (AvgIpc) is 2.45. The highest BCUT2D eigenvalue weighted by atomic mass is 16.6. The molecule has 0 atom stereocenters. The number of nitrogens with zero attached hydrogens (tertiary/aromatic N) is 2. The number of carbonyl (C=O) groups is 1. The van der Waals surface area contributed by atoms with Gasteiger partial charge in [0.25, 0.3) is 0 Å². The van der Waals surface area contributed by atoms with Gasteiger partial charge in [0.1, 0.15) is 0 Å². The summed E-state index contributed by atoms with van der Waals surface area (Å²) in [5, 5.41) is 22.8. The molecule has 1 aromatic heterocycles. The van der Waals surface area contributed by atoms with E-state index in [-0.39, 0.29) is 23.6 Å². The van der Waals surface area contributed by atoms with Gasteiger partial charge in [-0.1, -0.05) is 12.1 Å². The number of hydrogen-bond donors (Lipinski definition) is 2. The highest BCUT2D eigenvalue weighted by Crippen LogP contribution is 2.25. The minimum Gasteiger partial charge on any atom is -0.478 e. The molecule has 108 valence electrons. The third-order valence-corrected chi connectivity index (χ3v) is 2.94.